The van der Waals surface area contributed by atoms with Gasteiger partial charge in [0.15, 0.2) is 0 Å². The number of aromatic nitrogens is 1. The Labute approximate surface area is 102 Å². The van der Waals surface area contributed by atoms with E-state index in [-0.39, 0.29) is 0 Å². The summed E-state index contributed by atoms with van der Waals surface area (Å²) in [6.07, 6.45) is 3.05. The monoisotopic (exact) mass is 233 g/mol. The second-order valence-electron chi connectivity index (χ2n) is 5.03. The van der Waals surface area contributed by atoms with E-state index in [0.29, 0.717) is 18.7 Å². The third-order valence-electron chi connectivity index (χ3n) is 3.70. The standard InChI is InChI=1S/C13H19N3O/c1-9-5-14-7-12-4-11-3-10(8-17-2)6-15-13(11)16(9)12/h3,6,9,12,14H,4-5,7-8H2,1-2H3/t9-,12-/m1/s1. The van der Waals surface area contributed by atoms with E-state index in [9.17, 15) is 0 Å². The molecule has 17 heavy (non-hydrogen) atoms. The van der Waals surface area contributed by atoms with Gasteiger partial charge in [-0.05, 0) is 30.5 Å². The quantitative estimate of drug-likeness (QED) is 0.825. The molecular formula is C13H19N3O. The molecule has 3 heterocycles. The van der Waals surface area contributed by atoms with Crippen molar-refractivity contribution < 1.29 is 4.74 Å². The minimum absolute atomic E-state index is 0.538. The molecule has 4 heteroatoms. The van der Waals surface area contributed by atoms with Crippen molar-refractivity contribution in [2.75, 3.05) is 25.1 Å². The zero-order valence-electron chi connectivity index (χ0n) is 10.4. The van der Waals surface area contributed by atoms with Gasteiger partial charge in [0, 0.05) is 38.5 Å². The molecule has 0 radical (unpaired) electrons. The minimum atomic E-state index is 0.538. The van der Waals surface area contributed by atoms with Gasteiger partial charge in [0.25, 0.3) is 0 Å². The Morgan fingerprint density at radius 3 is 3.24 bits per heavy atom. The van der Waals surface area contributed by atoms with Crippen molar-refractivity contribution in [2.24, 2.45) is 0 Å². The van der Waals surface area contributed by atoms with E-state index in [1.54, 1.807) is 7.11 Å². The van der Waals surface area contributed by atoms with Crippen LogP contribution in [0, 0.1) is 0 Å². The van der Waals surface area contributed by atoms with Crippen LogP contribution in [0.15, 0.2) is 12.3 Å². The molecule has 0 aliphatic carbocycles. The number of piperazine rings is 1. The van der Waals surface area contributed by atoms with Crippen molar-refractivity contribution in [3.63, 3.8) is 0 Å². The molecule has 4 nitrogen and oxygen atoms in total. The highest BCUT2D eigenvalue weighted by molar-refractivity contribution is 5.56. The number of pyridine rings is 1. The third kappa shape index (κ3) is 1.81. The van der Waals surface area contributed by atoms with Gasteiger partial charge >= 0.3 is 0 Å². The van der Waals surface area contributed by atoms with Crippen molar-refractivity contribution in [1.82, 2.24) is 10.3 Å². The Morgan fingerprint density at radius 1 is 1.53 bits per heavy atom. The first-order chi connectivity index (χ1) is 8.29. The summed E-state index contributed by atoms with van der Waals surface area (Å²) in [5.41, 5.74) is 2.55. The van der Waals surface area contributed by atoms with Crippen LogP contribution in [0.1, 0.15) is 18.1 Å². The van der Waals surface area contributed by atoms with Gasteiger partial charge in [0.2, 0.25) is 0 Å². The predicted octanol–water partition coefficient (Wildman–Crippen LogP) is 0.951. The third-order valence-corrected chi connectivity index (χ3v) is 3.70. The second-order valence-corrected chi connectivity index (χ2v) is 5.03. The zero-order valence-corrected chi connectivity index (χ0v) is 10.4. The Balaban J connectivity index is 1.92. The topological polar surface area (TPSA) is 37.4 Å². The Morgan fingerprint density at radius 2 is 2.41 bits per heavy atom. The summed E-state index contributed by atoms with van der Waals surface area (Å²) in [6.45, 7) is 5.04. The fourth-order valence-corrected chi connectivity index (χ4v) is 3.00. The first kappa shape index (κ1) is 11.0. The molecule has 1 N–H and O–H groups in total. The average Bonchev–Trinajstić information content (AvgIpc) is 2.68. The van der Waals surface area contributed by atoms with Gasteiger partial charge in [-0.25, -0.2) is 4.98 Å². The number of nitrogens with one attached hydrogen (secondary N) is 1. The largest absolute Gasteiger partial charge is 0.380 e. The highest BCUT2D eigenvalue weighted by atomic mass is 16.5. The van der Waals surface area contributed by atoms with Crippen LogP contribution < -0.4 is 10.2 Å². The molecule has 2 aliphatic heterocycles. The molecule has 1 saturated heterocycles. The summed E-state index contributed by atoms with van der Waals surface area (Å²) in [5.74, 6) is 1.18. The highest BCUT2D eigenvalue weighted by Crippen LogP contribution is 2.33. The van der Waals surface area contributed by atoms with Crippen LogP contribution in [0.3, 0.4) is 0 Å². The van der Waals surface area contributed by atoms with E-state index in [4.69, 9.17) is 4.74 Å². The molecule has 0 saturated carbocycles. The summed E-state index contributed by atoms with van der Waals surface area (Å²) < 4.78 is 5.16. The van der Waals surface area contributed by atoms with Gasteiger partial charge in [-0.15, -0.1) is 0 Å². The van der Waals surface area contributed by atoms with E-state index in [0.717, 1.165) is 19.5 Å². The molecule has 92 valence electrons. The number of nitrogens with zero attached hydrogens (tertiary/aromatic N) is 2. The maximum atomic E-state index is 5.16. The van der Waals surface area contributed by atoms with E-state index >= 15 is 0 Å². The molecular weight excluding hydrogens is 214 g/mol. The van der Waals surface area contributed by atoms with Crippen molar-refractivity contribution in [3.8, 4) is 0 Å². The van der Waals surface area contributed by atoms with Gasteiger partial charge < -0.3 is 15.0 Å². The van der Waals surface area contributed by atoms with Crippen LogP contribution in [0.2, 0.25) is 0 Å². The molecule has 1 aromatic heterocycles. The first-order valence-electron chi connectivity index (χ1n) is 6.25. The number of ether oxygens (including phenoxy) is 1. The SMILES string of the molecule is COCc1cnc2c(c1)C[C@@H]1CNC[C@@H](C)N21. The first-order valence-corrected chi connectivity index (χ1v) is 6.25. The molecule has 1 fully saturated rings. The lowest BCUT2D eigenvalue weighted by atomic mass is 10.1. The van der Waals surface area contributed by atoms with E-state index < -0.39 is 0 Å². The summed E-state index contributed by atoms with van der Waals surface area (Å²) in [7, 11) is 1.72. The molecule has 0 bridgehead atoms. The number of hydrogen-bond acceptors (Lipinski definition) is 4. The summed E-state index contributed by atoms with van der Waals surface area (Å²) in [5, 5.41) is 3.49. The highest BCUT2D eigenvalue weighted by Gasteiger charge is 2.36. The molecule has 0 spiro atoms. The average molecular weight is 233 g/mol. The van der Waals surface area contributed by atoms with E-state index in [1.165, 1.54) is 16.9 Å². The fourth-order valence-electron chi connectivity index (χ4n) is 3.00. The minimum Gasteiger partial charge on any atom is -0.380 e. The normalized spacial score (nSPS) is 26.8. The number of anilines is 1. The van der Waals surface area contributed by atoms with Crippen LogP contribution in [0.4, 0.5) is 5.82 Å². The molecule has 0 unspecified atom stereocenters. The van der Waals surface area contributed by atoms with Crippen LogP contribution in [-0.4, -0.2) is 37.3 Å². The Kier molecular flexibility index (Phi) is 2.76. The van der Waals surface area contributed by atoms with Crippen molar-refractivity contribution in [2.45, 2.75) is 32.0 Å². The number of rotatable bonds is 2. The van der Waals surface area contributed by atoms with Crippen molar-refractivity contribution >= 4 is 5.82 Å². The molecule has 0 aromatic carbocycles. The van der Waals surface area contributed by atoms with Gasteiger partial charge in [0.05, 0.1) is 6.61 Å². The smallest absolute Gasteiger partial charge is 0.132 e. The molecule has 2 atom stereocenters. The van der Waals surface area contributed by atoms with Crippen LogP contribution in [0.25, 0.3) is 0 Å². The molecule has 1 aromatic rings. The molecule has 2 aliphatic rings. The van der Waals surface area contributed by atoms with Gasteiger partial charge in [0.1, 0.15) is 5.82 Å². The Bertz CT molecular complexity index is 421. The summed E-state index contributed by atoms with van der Waals surface area (Å²) in [4.78, 5) is 7.11. The van der Waals surface area contributed by atoms with Crippen LogP contribution in [-0.2, 0) is 17.8 Å². The number of methoxy groups -OCH3 is 1. The molecule has 3 rings (SSSR count). The van der Waals surface area contributed by atoms with Crippen LogP contribution in [0.5, 0.6) is 0 Å². The number of fused-ring (bicyclic) bond motifs is 3. The zero-order chi connectivity index (χ0) is 11.8. The lowest BCUT2D eigenvalue weighted by Gasteiger charge is -2.37. The van der Waals surface area contributed by atoms with E-state index in [2.05, 4.69) is 28.2 Å². The van der Waals surface area contributed by atoms with Gasteiger partial charge in [-0.2, -0.15) is 0 Å². The Hall–Kier alpha value is -1.13. The van der Waals surface area contributed by atoms with Crippen molar-refractivity contribution in [1.29, 1.82) is 0 Å². The second kappa shape index (κ2) is 4.27. The predicted molar refractivity (Wildman–Crippen MR) is 67.3 cm³/mol. The number of hydrogen-bond donors (Lipinski definition) is 1. The van der Waals surface area contributed by atoms with Gasteiger partial charge in [-0.1, -0.05) is 0 Å². The summed E-state index contributed by atoms with van der Waals surface area (Å²) in [6, 6.07) is 3.37. The lowest BCUT2D eigenvalue weighted by Crippen LogP contribution is -2.55. The fraction of sp³-hybridized carbons (Fsp3) is 0.615. The lowest BCUT2D eigenvalue weighted by molar-refractivity contribution is 0.184. The molecule has 0 amide bonds. The van der Waals surface area contributed by atoms with Crippen molar-refractivity contribution in [3.05, 3.63) is 23.4 Å². The summed E-state index contributed by atoms with van der Waals surface area (Å²) >= 11 is 0. The van der Waals surface area contributed by atoms with E-state index in [1.807, 2.05) is 6.20 Å². The maximum Gasteiger partial charge on any atom is 0.132 e. The van der Waals surface area contributed by atoms with Crippen LogP contribution >= 0.6 is 0 Å². The van der Waals surface area contributed by atoms with Gasteiger partial charge in [-0.3, -0.25) is 0 Å². The maximum absolute atomic E-state index is 5.16.